The predicted molar refractivity (Wildman–Crippen MR) is 66.4 cm³/mol. The van der Waals surface area contributed by atoms with Crippen molar-refractivity contribution in [3.05, 3.63) is 65.5 Å². The van der Waals surface area contributed by atoms with E-state index in [2.05, 4.69) is 10.3 Å². The van der Waals surface area contributed by atoms with Crippen LogP contribution in [0.3, 0.4) is 0 Å². The highest BCUT2D eigenvalue weighted by Gasteiger charge is 2.16. The molecule has 0 saturated heterocycles. The van der Waals surface area contributed by atoms with Gasteiger partial charge in [0.25, 0.3) is 5.91 Å². The maximum Gasteiger partial charge on any atom is 0.252 e. The molecule has 1 N–H and O–H groups in total. The molecule has 1 atom stereocenters. The van der Waals surface area contributed by atoms with Crippen molar-refractivity contribution >= 4 is 5.91 Å². The van der Waals surface area contributed by atoms with Gasteiger partial charge >= 0.3 is 0 Å². The molecule has 1 heterocycles. The van der Waals surface area contributed by atoms with Crippen LogP contribution in [0.2, 0.25) is 0 Å². The number of nitrogens with zero attached hydrogens (tertiary/aromatic N) is 2. The first-order valence-corrected chi connectivity index (χ1v) is 5.67. The first-order chi connectivity index (χ1) is 9.61. The molecule has 100 valence electrons. The Morgan fingerprint density at radius 2 is 2.10 bits per heavy atom. The minimum atomic E-state index is -1.12. The SMILES string of the molecule is N#CC(NC(=O)c1ccc(F)c(F)c1)c1cccnc1. The van der Waals surface area contributed by atoms with E-state index in [1.807, 2.05) is 6.07 Å². The summed E-state index contributed by atoms with van der Waals surface area (Å²) < 4.78 is 25.8. The zero-order valence-electron chi connectivity index (χ0n) is 10.2. The molecule has 0 aliphatic carbocycles. The molecule has 1 unspecified atom stereocenters. The van der Waals surface area contributed by atoms with Crippen LogP contribution in [0, 0.1) is 23.0 Å². The summed E-state index contributed by atoms with van der Waals surface area (Å²) in [5, 5.41) is 11.5. The number of hydrogen-bond acceptors (Lipinski definition) is 3. The number of hydrogen-bond donors (Lipinski definition) is 1. The van der Waals surface area contributed by atoms with Crippen LogP contribution < -0.4 is 5.32 Å². The van der Waals surface area contributed by atoms with Crippen molar-refractivity contribution < 1.29 is 13.6 Å². The summed E-state index contributed by atoms with van der Waals surface area (Å²) in [6.07, 6.45) is 2.98. The molecule has 1 amide bonds. The summed E-state index contributed by atoms with van der Waals surface area (Å²) in [6, 6.07) is 7.03. The van der Waals surface area contributed by atoms with E-state index in [9.17, 15) is 13.6 Å². The number of benzene rings is 1. The Bertz CT molecular complexity index is 668. The van der Waals surface area contributed by atoms with Crippen molar-refractivity contribution in [3.8, 4) is 6.07 Å². The number of amides is 1. The number of nitrogens with one attached hydrogen (secondary N) is 1. The molecular formula is C14H9F2N3O. The number of halogens is 2. The van der Waals surface area contributed by atoms with Gasteiger partial charge in [0.15, 0.2) is 11.6 Å². The minimum Gasteiger partial charge on any atom is -0.332 e. The fourth-order valence-electron chi connectivity index (χ4n) is 1.59. The first-order valence-electron chi connectivity index (χ1n) is 5.67. The van der Waals surface area contributed by atoms with Crippen LogP contribution in [-0.2, 0) is 0 Å². The van der Waals surface area contributed by atoms with Gasteiger partial charge in [-0.25, -0.2) is 8.78 Å². The van der Waals surface area contributed by atoms with E-state index in [-0.39, 0.29) is 5.56 Å². The summed E-state index contributed by atoms with van der Waals surface area (Å²) >= 11 is 0. The number of pyridine rings is 1. The molecule has 1 aromatic carbocycles. The van der Waals surface area contributed by atoms with Gasteiger partial charge in [0.1, 0.15) is 6.04 Å². The van der Waals surface area contributed by atoms with Gasteiger partial charge in [0, 0.05) is 23.5 Å². The van der Waals surface area contributed by atoms with E-state index in [4.69, 9.17) is 5.26 Å². The van der Waals surface area contributed by atoms with Gasteiger partial charge in [0.2, 0.25) is 0 Å². The van der Waals surface area contributed by atoms with E-state index in [0.717, 1.165) is 18.2 Å². The van der Waals surface area contributed by atoms with Crippen molar-refractivity contribution in [2.24, 2.45) is 0 Å². The smallest absolute Gasteiger partial charge is 0.252 e. The summed E-state index contributed by atoms with van der Waals surface area (Å²) in [6.45, 7) is 0. The zero-order chi connectivity index (χ0) is 14.5. The second kappa shape index (κ2) is 5.89. The van der Waals surface area contributed by atoms with Crippen molar-refractivity contribution in [2.45, 2.75) is 6.04 Å². The highest BCUT2D eigenvalue weighted by Crippen LogP contribution is 2.13. The van der Waals surface area contributed by atoms with Crippen LogP contribution in [0.25, 0.3) is 0 Å². The fraction of sp³-hybridized carbons (Fsp3) is 0.0714. The Hall–Kier alpha value is -2.81. The topological polar surface area (TPSA) is 65.8 Å². The van der Waals surface area contributed by atoms with E-state index in [1.165, 1.54) is 12.4 Å². The maximum absolute atomic E-state index is 13.1. The minimum absolute atomic E-state index is 0.0620. The largest absolute Gasteiger partial charge is 0.332 e. The molecule has 0 spiro atoms. The summed E-state index contributed by atoms with van der Waals surface area (Å²) in [7, 11) is 0. The average Bonchev–Trinajstić information content (AvgIpc) is 2.48. The highest BCUT2D eigenvalue weighted by molar-refractivity contribution is 5.94. The number of carbonyl (C=O) groups is 1. The van der Waals surface area contributed by atoms with Gasteiger partial charge in [-0.3, -0.25) is 9.78 Å². The monoisotopic (exact) mass is 273 g/mol. The van der Waals surface area contributed by atoms with E-state index in [0.29, 0.717) is 5.56 Å². The maximum atomic E-state index is 13.1. The van der Waals surface area contributed by atoms with Gasteiger partial charge in [-0.05, 0) is 24.3 Å². The van der Waals surface area contributed by atoms with Gasteiger partial charge in [-0.15, -0.1) is 0 Å². The Balaban J connectivity index is 2.18. The normalized spacial score (nSPS) is 11.4. The van der Waals surface area contributed by atoms with Crippen molar-refractivity contribution in [3.63, 3.8) is 0 Å². The lowest BCUT2D eigenvalue weighted by Gasteiger charge is -2.11. The third-order valence-electron chi connectivity index (χ3n) is 2.60. The van der Waals surface area contributed by atoms with E-state index < -0.39 is 23.6 Å². The number of carbonyl (C=O) groups excluding carboxylic acids is 1. The molecule has 0 saturated carbocycles. The van der Waals surface area contributed by atoms with Crippen LogP contribution in [0.15, 0.2) is 42.7 Å². The third-order valence-corrected chi connectivity index (χ3v) is 2.60. The molecule has 6 heteroatoms. The van der Waals surface area contributed by atoms with Crippen LogP contribution >= 0.6 is 0 Å². The molecule has 0 bridgehead atoms. The van der Waals surface area contributed by atoms with Gasteiger partial charge in [-0.2, -0.15) is 5.26 Å². The lowest BCUT2D eigenvalue weighted by atomic mass is 10.1. The van der Waals surface area contributed by atoms with Crippen molar-refractivity contribution in [1.29, 1.82) is 5.26 Å². The average molecular weight is 273 g/mol. The number of aromatic nitrogens is 1. The molecule has 20 heavy (non-hydrogen) atoms. The molecule has 0 fully saturated rings. The van der Waals surface area contributed by atoms with Crippen LogP contribution in [-0.4, -0.2) is 10.9 Å². The van der Waals surface area contributed by atoms with Crippen LogP contribution in [0.5, 0.6) is 0 Å². The molecule has 4 nitrogen and oxygen atoms in total. The lowest BCUT2D eigenvalue weighted by molar-refractivity contribution is 0.0944. The first kappa shape index (κ1) is 13.6. The second-order valence-corrected chi connectivity index (χ2v) is 3.95. The van der Waals surface area contributed by atoms with Gasteiger partial charge in [0.05, 0.1) is 6.07 Å². The predicted octanol–water partition coefficient (Wildman–Crippen LogP) is 2.35. The number of rotatable bonds is 3. The summed E-state index contributed by atoms with van der Waals surface area (Å²) in [5.74, 6) is -2.82. The Morgan fingerprint density at radius 3 is 2.70 bits per heavy atom. The quantitative estimate of drug-likeness (QED) is 0.933. The highest BCUT2D eigenvalue weighted by atomic mass is 19.2. The Labute approximate surface area is 113 Å². The second-order valence-electron chi connectivity index (χ2n) is 3.95. The fourth-order valence-corrected chi connectivity index (χ4v) is 1.59. The van der Waals surface area contributed by atoms with Crippen molar-refractivity contribution in [1.82, 2.24) is 10.3 Å². The van der Waals surface area contributed by atoms with Crippen LogP contribution in [0.1, 0.15) is 22.0 Å². The molecule has 2 aromatic rings. The van der Waals surface area contributed by atoms with Crippen molar-refractivity contribution in [2.75, 3.05) is 0 Å². The molecule has 1 aromatic heterocycles. The van der Waals surface area contributed by atoms with E-state index >= 15 is 0 Å². The molecule has 0 aliphatic rings. The van der Waals surface area contributed by atoms with Gasteiger partial charge in [-0.1, -0.05) is 6.07 Å². The molecule has 0 aliphatic heterocycles. The Kier molecular flexibility index (Phi) is 4.01. The standard InChI is InChI=1S/C14H9F2N3O/c15-11-4-3-9(6-12(11)16)14(20)19-13(7-17)10-2-1-5-18-8-10/h1-6,8,13H,(H,19,20). The summed E-state index contributed by atoms with van der Waals surface area (Å²) in [5.41, 5.74) is 0.443. The van der Waals surface area contributed by atoms with Crippen LogP contribution in [0.4, 0.5) is 8.78 Å². The zero-order valence-corrected chi connectivity index (χ0v) is 10.2. The molecule has 0 radical (unpaired) electrons. The lowest BCUT2D eigenvalue weighted by Crippen LogP contribution is -2.27. The molecular weight excluding hydrogens is 264 g/mol. The molecule has 2 rings (SSSR count). The third kappa shape index (κ3) is 2.95. The van der Waals surface area contributed by atoms with E-state index in [1.54, 1.807) is 12.1 Å². The Morgan fingerprint density at radius 1 is 1.30 bits per heavy atom. The number of nitriles is 1. The van der Waals surface area contributed by atoms with Gasteiger partial charge < -0.3 is 5.32 Å². The summed E-state index contributed by atoms with van der Waals surface area (Å²) in [4.78, 5) is 15.7.